The molecule has 3 rings (SSSR count). The lowest BCUT2D eigenvalue weighted by atomic mass is 9.77. The summed E-state index contributed by atoms with van der Waals surface area (Å²) in [6.45, 7) is 1.03. The molecule has 0 aromatic heterocycles. The maximum absolute atomic E-state index is 12.1. The van der Waals surface area contributed by atoms with Gasteiger partial charge < -0.3 is 10.6 Å². The molecule has 124 valence electrons. The Morgan fingerprint density at radius 1 is 1.00 bits per heavy atom. The quantitative estimate of drug-likeness (QED) is 0.793. The van der Waals surface area contributed by atoms with E-state index in [0.717, 1.165) is 12.0 Å². The van der Waals surface area contributed by atoms with Gasteiger partial charge in [0.1, 0.15) is 0 Å². The topological polar surface area (TPSA) is 58.2 Å². The Kier molecular flexibility index (Phi) is 5.31. The van der Waals surface area contributed by atoms with Gasteiger partial charge in [0, 0.05) is 19.5 Å². The highest BCUT2D eigenvalue weighted by Crippen LogP contribution is 2.34. The van der Waals surface area contributed by atoms with Gasteiger partial charge in [-0.15, -0.1) is 0 Å². The Hall–Kier alpha value is -1.84. The van der Waals surface area contributed by atoms with Gasteiger partial charge in [-0.25, -0.2) is 0 Å². The molecule has 1 aromatic carbocycles. The molecule has 0 bridgehead atoms. The van der Waals surface area contributed by atoms with Crippen molar-refractivity contribution < 1.29 is 9.59 Å². The summed E-state index contributed by atoms with van der Waals surface area (Å²) in [6, 6.07) is 8.08. The number of hydrogen-bond donors (Lipinski definition) is 2. The average Bonchev–Trinajstić information content (AvgIpc) is 2.54. The summed E-state index contributed by atoms with van der Waals surface area (Å²) < 4.78 is 0. The van der Waals surface area contributed by atoms with E-state index in [-0.39, 0.29) is 17.7 Å². The molecular formula is C19H26N2O2. The van der Waals surface area contributed by atoms with Gasteiger partial charge in [0.2, 0.25) is 11.8 Å². The second kappa shape index (κ2) is 7.62. The first-order valence-electron chi connectivity index (χ1n) is 8.86. The fraction of sp³-hybridized carbons (Fsp3) is 0.579. The summed E-state index contributed by atoms with van der Waals surface area (Å²) in [4.78, 5) is 24.0. The van der Waals surface area contributed by atoms with Crippen molar-refractivity contribution in [2.24, 2.45) is 5.92 Å². The van der Waals surface area contributed by atoms with Crippen molar-refractivity contribution in [2.45, 2.75) is 50.9 Å². The van der Waals surface area contributed by atoms with Crippen LogP contribution in [0.25, 0.3) is 0 Å². The summed E-state index contributed by atoms with van der Waals surface area (Å²) in [5, 5.41) is 5.86. The molecule has 2 N–H and O–H groups in total. The molecule has 1 aromatic rings. The molecule has 1 unspecified atom stereocenters. The number of carbonyl (C=O) groups is 2. The molecule has 0 aliphatic heterocycles. The Morgan fingerprint density at radius 3 is 2.52 bits per heavy atom. The molecule has 0 spiro atoms. The number of carbonyl (C=O) groups excluding carboxylic acids is 2. The zero-order valence-electron chi connectivity index (χ0n) is 13.6. The van der Waals surface area contributed by atoms with Crippen LogP contribution in [0, 0.1) is 5.92 Å². The van der Waals surface area contributed by atoms with E-state index in [4.69, 9.17) is 0 Å². The van der Waals surface area contributed by atoms with Crippen LogP contribution in [-0.2, 0) is 16.0 Å². The van der Waals surface area contributed by atoms with Crippen LogP contribution in [0.4, 0.5) is 0 Å². The number of benzene rings is 1. The Balaban J connectivity index is 1.31. The fourth-order valence-electron chi connectivity index (χ4n) is 3.73. The van der Waals surface area contributed by atoms with Gasteiger partial charge in [0.15, 0.2) is 0 Å². The van der Waals surface area contributed by atoms with Crippen molar-refractivity contribution in [3.8, 4) is 0 Å². The molecule has 0 radical (unpaired) electrons. The minimum absolute atomic E-state index is 0.0101. The highest BCUT2D eigenvalue weighted by molar-refractivity contribution is 5.86. The van der Waals surface area contributed by atoms with Crippen molar-refractivity contribution in [1.82, 2.24) is 10.6 Å². The minimum atomic E-state index is -0.0101. The minimum Gasteiger partial charge on any atom is -0.354 e. The molecule has 1 saturated carbocycles. The van der Waals surface area contributed by atoms with Crippen molar-refractivity contribution in [3.63, 3.8) is 0 Å². The number of hydrogen-bond acceptors (Lipinski definition) is 2. The molecule has 2 amide bonds. The van der Waals surface area contributed by atoms with Crippen LogP contribution in [0.2, 0.25) is 0 Å². The maximum atomic E-state index is 12.1. The lowest BCUT2D eigenvalue weighted by Gasteiger charge is -2.28. The summed E-state index contributed by atoms with van der Waals surface area (Å²) in [5.41, 5.74) is 2.42. The number of amides is 2. The Labute approximate surface area is 138 Å². The van der Waals surface area contributed by atoms with E-state index >= 15 is 0 Å². The summed E-state index contributed by atoms with van der Waals surface area (Å²) in [6.07, 6.45) is 7.68. The first-order valence-corrected chi connectivity index (χ1v) is 8.86. The van der Waals surface area contributed by atoms with E-state index in [9.17, 15) is 9.59 Å². The second-order valence-corrected chi connectivity index (χ2v) is 6.80. The molecule has 1 atom stereocenters. The van der Waals surface area contributed by atoms with Crippen LogP contribution in [-0.4, -0.2) is 24.9 Å². The summed E-state index contributed by atoms with van der Waals surface area (Å²) in [5.74, 6) is 0.749. The lowest BCUT2D eigenvalue weighted by molar-refractivity contribution is -0.124. The van der Waals surface area contributed by atoms with E-state index in [1.54, 1.807) is 0 Å². The maximum Gasteiger partial charge on any atom is 0.227 e. The molecule has 23 heavy (non-hydrogen) atoms. The van der Waals surface area contributed by atoms with Crippen molar-refractivity contribution in [2.75, 3.05) is 13.1 Å². The van der Waals surface area contributed by atoms with Crippen molar-refractivity contribution in [3.05, 3.63) is 35.4 Å². The molecule has 4 nitrogen and oxygen atoms in total. The third kappa shape index (κ3) is 4.12. The van der Waals surface area contributed by atoms with Crippen molar-refractivity contribution in [1.29, 1.82) is 0 Å². The van der Waals surface area contributed by atoms with Crippen LogP contribution in [0.1, 0.15) is 55.6 Å². The molecule has 2 aliphatic rings. The van der Waals surface area contributed by atoms with Crippen LogP contribution in [0.3, 0.4) is 0 Å². The van der Waals surface area contributed by atoms with E-state index in [1.807, 2.05) is 18.2 Å². The van der Waals surface area contributed by atoms with Gasteiger partial charge in [-0.05, 0) is 36.3 Å². The standard InChI is InChI=1S/C19H26N2O2/c22-18(12-14-6-2-1-3-7-14)20-10-11-21-19(23)17-13-15-8-4-5-9-16(15)17/h4-5,8-9,14,17H,1-3,6-7,10-13H2,(H,20,22)(H,21,23). The zero-order valence-corrected chi connectivity index (χ0v) is 13.6. The molecule has 0 heterocycles. The molecule has 1 fully saturated rings. The highest BCUT2D eigenvalue weighted by Gasteiger charge is 2.31. The SMILES string of the molecule is O=C(CC1CCCCC1)NCCNC(=O)C1Cc2ccccc21. The summed E-state index contributed by atoms with van der Waals surface area (Å²) >= 11 is 0. The molecule has 0 saturated heterocycles. The van der Waals surface area contributed by atoms with Gasteiger partial charge in [-0.1, -0.05) is 43.5 Å². The van der Waals surface area contributed by atoms with E-state index < -0.39 is 0 Å². The predicted molar refractivity (Wildman–Crippen MR) is 90.1 cm³/mol. The highest BCUT2D eigenvalue weighted by atomic mass is 16.2. The normalized spacial score (nSPS) is 20.3. The second-order valence-electron chi connectivity index (χ2n) is 6.80. The number of fused-ring (bicyclic) bond motifs is 1. The largest absolute Gasteiger partial charge is 0.354 e. The first-order chi connectivity index (χ1) is 11.2. The first kappa shape index (κ1) is 16.0. The van der Waals surface area contributed by atoms with Crippen LogP contribution >= 0.6 is 0 Å². The summed E-state index contributed by atoms with van der Waals surface area (Å²) in [7, 11) is 0. The Bertz CT molecular complexity index is 564. The van der Waals surface area contributed by atoms with Crippen molar-refractivity contribution >= 4 is 11.8 Å². The van der Waals surface area contributed by atoms with Gasteiger partial charge in [0.05, 0.1) is 5.92 Å². The number of nitrogens with one attached hydrogen (secondary N) is 2. The van der Waals surface area contributed by atoms with Crippen LogP contribution < -0.4 is 10.6 Å². The van der Waals surface area contributed by atoms with Crippen LogP contribution in [0.15, 0.2) is 24.3 Å². The van der Waals surface area contributed by atoms with E-state index in [2.05, 4.69) is 16.7 Å². The third-order valence-corrected chi connectivity index (χ3v) is 5.12. The van der Waals surface area contributed by atoms with Crippen LogP contribution in [0.5, 0.6) is 0 Å². The zero-order chi connectivity index (χ0) is 16.1. The van der Waals surface area contributed by atoms with Gasteiger partial charge in [-0.2, -0.15) is 0 Å². The predicted octanol–water partition coefficient (Wildman–Crippen LogP) is 2.53. The van der Waals surface area contributed by atoms with E-state index in [0.29, 0.717) is 25.4 Å². The molecule has 4 heteroatoms. The molecular weight excluding hydrogens is 288 g/mol. The monoisotopic (exact) mass is 314 g/mol. The lowest BCUT2D eigenvalue weighted by Crippen LogP contribution is -2.40. The molecule has 2 aliphatic carbocycles. The number of rotatable bonds is 6. The fourth-order valence-corrected chi connectivity index (χ4v) is 3.73. The smallest absolute Gasteiger partial charge is 0.227 e. The van der Waals surface area contributed by atoms with Gasteiger partial charge in [-0.3, -0.25) is 9.59 Å². The third-order valence-electron chi connectivity index (χ3n) is 5.12. The van der Waals surface area contributed by atoms with Gasteiger partial charge >= 0.3 is 0 Å². The van der Waals surface area contributed by atoms with Gasteiger partial charge in [0.25, 0.3) is 0 Å². The Morgan fingerprint density at radius 2 is 1.74 bits per heavy atom. The van der Waals surface area contributed by atoms with E-state index in [1.165, 1.54) is 37.7 Å². The average molecular weight is 314 g/mol.